The molecule has 0 aliphatic heterocycles. The lowest BCUT2D eigenvalue weighted by molar-refractivity contribution is 0.216. The summed E-state index contributed by atoms with van der Waals surface area (Å²) in [6.45, 7) is 2.79. The molecule has 1 atom stereocenters. The van der Waals surface area contributed by atoms with Crippen molar-refractivity contribution in [1.29, 1.82) is 0 Å². The van der Waals surface area contributed by atoms with Crippen molar-refractivity contribution >= 4 is 6.08 Å². The minimum atomic E-state index is -0.954. The summed E-state index contributed by atoms with van der Waals surface area (Å²) in [5.41, 5.74) is 2.08. The van der Waals surface area contributed by atoms with Crippen LogP contribution in [0, 0.1) is 0 Å². The molecule has 0 aromatic heterocycles. The minimum absolute atomic E-state index is 0.0247. The second-order valence-electron chi connectivity index (χ2n) is 6.45. The molecule has 0 spiro atoms. The molecule has 29 heavy (non-hydrogen) atoms. The molecule has 0 aliphatic rings. The van der Waals surface area contributed by atoms with E-state index in [-0.39, 0.29) is 11.5 Å². The first kappa shape index (κ1) is 20.3. The number of aliphatic hydroxyl groups is 1. The Morgan fingerprint density at radius 3 is 2.45 bits per heavy atom. The van der Waals surface area contributed by atoms with Crippen LogP contribution in [0.5, 0.6) is 23.0 Å². The van der Waals surface area contributed by atoms with Crippen LogP contribution >= 0.6 is 0 Å². The van der Waals surface area contributed by atoms with Crippen molar-refractivity contribution in [2.24, 2.45) is 0 Å². The predicted octanol–water partition coefficient (Wildman–Crippen LogP) is 4.82. The third kappa shape index (κ3) is 5.53. The van der Waals surface area contributed by atoms with Crippen molar-refractivity contribution in [3.8, 4) is 23.0 Å². The Morgan fingerprint density at radius 2 is 1.72 bits per heavy atom. The number of hydrogen-bond acceptors (Lipinski definition) is 5. The van der Waals surface area contributed by atoms with Gasteiger partial charge in [-0.05, 0) is 36.8 Å². The summed E-state index contributed by atoms with van der Waals surface area (Å²) in [5.74, 6) is 1.09. The molecule has 0 fully saturated rings. The van der Waals surface area contributed by atoms with E-state index in [9.17, 15) is 15.3 Å². The number of aliphatic hydroxyl groups excluding tert-OH is 1. The normalized spacial score (nSPS) is 12.1. The Morgan fingerprint density at radius 1 is 0.931 bits per heavy atom. The first-order chi connectivity index (χ1) is 14.1. The maximum absolute atomic E-state index is 10.7. The van der Waals surface area contributed by atoms with Gasteiger partial charge in [-0.25, -0.2) is 0 Å². The molecule has 150 valence electrons. The van der Waals surface area contributed by atoms with Gasteiger partial charge in [-0.2, -0.15) is 0 Å². The van der Waals surface area contributed by atoms with E-state index in [0.717, 1.165) is 5.56 Å². The molecule has 0 amide bonds. The Hall–Kier alpha value is -3.44. The Kier molecular flexibility index (Phi) is 6.76. The van der Waals surface area contributed by atoms with Gasteiger partial charge in [-0.1, -0.05) is 42.5 Å². The lowest BCUT2D eigenvalue weighted by Gasteiger charge is -2.16. The largest absolute Gasteiger partial charge is 0.508 e. The summed E-state index contributed by atoms with van der Waals surface area (Å²) in [6.07, 6.45) is 2.19. The quantitative estimate of drug-likeness (QED) is 0.512. The Balaban J connectivity index is 1.82. The fourth-order valence-electron chi connectivity index (χ4n) is 2.85. The van der Waals surface area contributed by atoms with Crippen molar-refractivity contribution in [2.45, 2.75) is 19.6 Å². The van der Waals surface area contributed by atoms with Crippen molar-refractivity contribution in [2.75, 3.05) is 6.61 Å². The SMILES string of the molecule is CCOc1ccc(C(O)C=Cc2ccc(O)cc2O)c(OCc2ccccc2)c1. The zero-order valence-corrected chi connectivity index (χ0v) is 16.2. The smallest absolute Gasteiger partial charge is 0.129 e. The van der Waals surface area contributed by atoms with E-state index >= 15 is 0 Å². The molecule has 3 rings (SSSR count). The first-order valence-electron chi connectivity index (χ1n) is 9.38. The standard InChI is InChI=1S/C24H24O5/c1-2-28-20-11-12-21(24(15-20)29-16-17-6-4-3-5-7-17)22(26)13-9-18-8-10-19(25)14-23(18)27/h3-15,22,25-27H,2,16H2,1H3. The highest BCUT2D eigenvalue weighted by molar-refractivity contribution is 5.59. The van der Waals surface area contributed by atoms with Gasteiger partial charge in [0.15, 0.2) is 0 Å². The van der Waals surface area contributed by atoms with Gasteiger partial charge in [0.25, 0.3) is 0 Å². The van der Waals surface area contributed by atoms with Crippen molar-refractivity contribution < 1.29 is 24.8 Å². The molecule has 0 heterocycles. The average molecular weight is 392 g/mol. The van der Waals surface area contributed by atoms with E-state index in [2.05, 4.69) is 0 Å². The van der Waals surface area contributed by atoms with E-state index in [4.69, 9.17) is 9.47 Å². The maximum Gasteiger partial charge on any atom is 0.129 e. The van der Waals surface area contributed by atoms with Crippen LogP contribution < -0.4 is 9.47 Å². The van der Waals surface area contributed by atoms with Crippen LogP contribution in [0.4, 0.5) is 0 Å². The molecular weight excluding hydrogens is 368 g/mol. The van der Waals surface area contributed by atoms with Crippen LogP contribution in [0.2, 0.25) is 0 Å². The highest BCUT2D eigenvalue weighted by Crippen LogP contribution is 2.32. The number of benzene rings is 3. The first-order valence-corrected chi connectivity index (χ1v) is 9.38. The molecule has 0 aliphatic carbocycles. The summed E-state index contributed by atoms with van der Waals surface area (Å²) in [7, 11) is 0. The molecule has 3 N–H and O–H groups in total. The number of rotatable bonds is 8. The number of phenolic OH excluding ortho intramolecular Hbond substituents is 2. The van der Waals surface area contributed by atoms with Crippen LogP contribution in [0.25, 0.3) is 6.08 Å². The van der Waals surface area contributed by atoms with E-state index in [1.165, 1.54) is 12.1 Å². The lowest BCUT2D eigenvalue weighted by Crippen LogP contribution is -2.03. The summed E-state index contributed by atoms with van der Waals surface area (Å²) < 4.78 is 11.5. The van der Waals surface area contributed by atoms with Crippen molar-refractivity contribution in [3.05, 3.63) is 89.5 Å². The van der Waals surface area contributed by atoms with E-state index in [0.29, 0.717) is 35.8 Å². The van der Waals surface area contributed by atoms with Gasteiger partial charge in [-0.15, -0.1) is 0 Å². The molecule has 0 bridgehead atoms. The summed E-state index contributed by atoms with van der Waals surface area (Å²) in [6, 6.07) is 19.4. The predicted molar refractivity (Wildman–Crippen MR) is 112 cm³/mol. The lowest BCUT2D eigenvalue weighted by atomic mass is 10.1. The molecule has 3 aromatic rings. The monoisotopic (exact) mass is 392 g/mol. The van der Waals surface area contributed by atoms with Gasteiger partial charge in [0.2, 0.25) is 0 Å². The van der Waals surface area contributed by atoms with Gasteiger partial charge in [0, 0.05) is 23.3 Å². The number of hydrogen-bond donors (Lipinski definition) is 3. The van der Waals surface area contributed by atoms with Crippen molar-refractivity contribution in [1.82, 2.24) is 0 Å². The maximum atomic E-state index is 10.7. The molecule has 0 radical (unpaired) electrons. The second kappa shape index (κ2) is 9.66. The number of phenols is 2. The van der Waals surface area contributed by atoms with E-state index in [1.54, 1.807) is 36.4 Å². The van der Waals surface area contributed by atoms with Crippen LogP contribution in [-0.2, 0) is 6.61 Å². The van der Waals surface area contributed by atoms with Crippen LogP contribution in [0.3, 0.4) is 0 Å². The van der Waals surface area contributed by atoms with Crippen LogP contribution in [0.15, 0.2) is 72.8 Å². The molecule has 0 saturated carbocycles. The van der Waals surface area contributed by atoms with Gasteiger partial charge in [0.1, 0.15) is 35.7 Å². The van der Waals surface area contributed by atoms with Gasteiger partial charge >= 0.3 is 0 Å². The Bertz CT molecular complexity index is 966. The summed E-state index contributed by atoms with van der Waals surface area (Å²) in [4.78, 5) is 0. The zero-order valence-electron chi connectivity index (χ0n) is 16.2. The number of ether oxygens (including phenoxy) is 2. The molecule has 1 unspecified atom stereocenters. The summed E-state index contributed by atoms with van der Waals surface area (Å²) >= 11 is 0. The van der Waals surface area contributed by atoms with E-state index < -0.39 is 6.10 Å². The fraction of sp³-hybridized carbons (Fsp3) is 0.167. The Labute approximate surface area is 170 Å². The average Bonchev–Trinajstić information content (AvgIpc) is 2.72. The molecule has 5 nitrogen and oxygen atoms in total. The second-order valence-corrected chi connectivity index (χ2v) is 6.45. The fourth-order valence-corrected chi connectivity index (χ4v) is 2.85. The van der Waals surface area contributed by atoms with E-state index in [1.807, 2.05) is 37.3 Å². The molecule has 0 saturated heterocycles. The van der Waals surface area contributed by atoms with Gasteiger partial charge in [-0.3, -0.25) is 0 Å². The third-order valence-electron chi connectivity index (χ3n) is 4.32. The summed E-state index contributed by atoms with van der Waals surface area (Å²) in [5, 5.41) is 30.0. The van der Waals surface area contributed by atoms with Gasteiger partial charge < -0.3 is 24.8 Å². The minimum Gasteiger partial charge on any atom is -0.508 e. The highest BCUT2D eigenvalue weighted by atomic mass is 16.5. The molecular formula is C24H24O5. The molecule has 5 heteroatoms. The molecule has 3 aromatic carbocycles. The topological polar surface area (TPSA) is 79.2 Å². The number of aromatic hydroxyl groups is 2. The van der Waals surface area contributed by atoms with Crippen LogP contribution in [-0.4, -0.2) is 21.9 Å². The van der Waals surface area contributed by atoms with Crippen molar-refractivity contribution in [3.63, 3.8) is 0 Å². The third-order valence-corrected chi connectivity index (χ3v) is 4.32. The van der Waals surface area contributed by atoms with Crippen LogP contribution in [0.1, 0.15) is 29.7 Å². The zero-order chi connectivity index (χ0) is 20.6. The van der Waals surface area contributed by atoms with Gasteiger partial charge in [0.05, 0.1) is 6.61 Å². The highest BCUT2D eigenvalue weighted by Gasteiger charge is 2.13.